The van der Waals surface area contributed by atoms with Crippen molar-refractivity contribution in [2.24, 2.45) is 7.05 Å². The standard InChI is InChI=1S/C19H20N4O3S/c1-23-18(13-8-10-14(25-2)11-9-13)21-22-19(23)27-12-17(24)20-15-6-4-5-7-16(15)26-3/h4-11H,12H2,1-3H3,(H,20,24). The zero-order chi connectivity index (χ0) is 19.2. The second-order valence-corrected chi connectivity index (χ2v) is 6.57. The third kappa shape index (κ3) is 4.40. The molecule has 27 heavy (non-hydrogen) atoms. The first kappa shape index (κ1) is 18.8. The normalized spacial score (nSPS) is 10.5. The Morgan fingerprint density at radius 1 is 1.07 bits per heavy atom. The molecule has 2 aromatic carbocycles. The molecule has 3 aromatic rings. The predicted molar refractivity (Wildman–Crippen MR) is 105 cm³/mol. The average molecular weight is 384 g/mol. The zero-order valence-electron chi connectivity index (χ0n) is 15.3. The molecule has 3 rings (SSSR count). The van der Waals surface area contributed by atoms with Gasteiger partial charge in [0.2, 0.25) is 5.91 Å². The molecule has 1 aromatic heterocycles. The van der Waals surface area contributed by atoms with Crippen molar-refractivity contribution in [1.29, 1.82) is 0 Å². The number of benzene rings is 2. The molecular weight excluding hydrogens is 364 g/mol. The lowest BCUT2D eigenvalue weighted by atomic mass is 10.2. The minimum absolute atomic E-state index is 0.140. The van der Waals surface area contributed by atoms with Crippen LogP contribution in [0, 0.1) is 0 Å². The highest BCUT2D eigenvalue weighted by Gasteiger charge is 2.14. The third-order valence-corrected chi connectivity index (χ3v) is 4.92. The molecule has 0 aliphatic rings. The van der Waals surface area contributed by atoms with Gasteiger partial charge in [-0.25, -0.2) is 0 Å². The maximum absolute atomic E-state index is 12.3. The molecule has 0 atom stereocenters. The Morgan fingerprint density at radius 3 is 2.52 bits per heavy atom. The number of carbonyl (C=O) groups excluding carboxylic acids is 1. The van der Waals surface area contributed by atoms with E-state index >= 15 is 0 Å². The molecule has 1 heterocycles. The molecule has 140 valence electrons. The van der Waals surface area contributed by atoms with Crippen LogP contribution in [-0.4, -0.2) is 40.6 Å². The number of aromatic nitrogens is 3. The highest BCUT2D eigenvalue weighted by Crippen LogP contribution is 2.26. The first-order chi connectivity index (χ1) is 13.1. The number of carbonyl (C=O) groups is 1. The van der Waals surface area contributed by atoms with Gasteiger partial charge in [-0.1, -0.05) is 23.9 Å². The fourth-order valence-corrected chi connectivity index (χ4v) is 3.21. The van der Waals surface area contributed by atoms with Crippen molar-refractivity contribution in [2.45, 2.75) is 5.16 Å². The molecule has 0 saturated heterocycles. The van der Waals surface area contributed by atoms with E-state index in [1.165, 1.54) is 11.8 Å². The van der Waals surface area contributed by atoms with Crippen LogP contribution in [0.25, 0.3) is 11.4 Å². The number of thioether (sulfide) groups is 1. The van der Waals surface area contributed by atoms with Crippen LogP contribution in [0.15, 0.2) is 53.7 Å². The van der Waals surface area contributed by atoms with Crippen LogP contribution >= 0.6 is 11.8 Å². The molecule has 0 fully saturated rings. The second kappa shape index (κ2) is 8.59. The van der Waals surface area contributed by atoms with Gasteiger partial charge >= 0.3 is 0 Å². The van der Waals surface area contributed by atoms with Gasteiger partial charge in [-0.05, 0) is 36.4 Å². The largest absolute Gasteiger partial charge is 0.497 e. The Kier molecular flexibility index (Phi) is 5.97. The predicted octanol–water partition coefficient (Wildman–Crippen LogP) is 3.23. The Morgan fingerprint density at radius 2 is 1.81 bits per heavy atom. The van der Waals surface area contributed by atoms with Crippen molar-refractivity contribution < 1.29 is 14.3 Å². The lowest BCUT2D eigenvalue weighted by Crippen LogP contribution is -2.15. The summed E-state index contributed by atoms with van der Waals surface area (Å²) in [5.74, 6) is 2.20. The van der Waals surface area contributed by atoms with Crippen molar-refractivity contribution in [3.63, 3.8) is 0 Å². The van der Waals surface area contributed by atoms with E-state index in [2.05, 4.69) is 15.5 Å². The first-order valence-electron chi connectivity index (χ1n) is 8.22. The molecule has 0 unspecified atom stereocenters. The van der Waals surface area contributed by atoms with Crippen molar-refractivity contribution in [2.75, 3.05) is 25.3 Å². The Bertz CT molecular complexity index is 925. The van der Waals surface area contributed by atoms with E-state index in [1.807, 2.05) is 48.0 Å². The van der Waals surface area contributed by atoms with Gasteiger partial charge < -0.3 is 19.4 Å². The molecule has 0 aliphatic heterocycles. The summed E-state index contributed by atoms with van der Waals surface area (Å²) in [6, 6.07) is 14.9. The second-order valence-electron chi connectivity index (χ2n) is 5.63. The summed E-state index contributed by atoms with van der Waals surface area (Å²) in [6.07, 6.45) is 0. The first-order valence-corrected chi connectivity index (χ1v) is 9.20. The molecule has 0 bridgehead atoms. The Labute approximate surface area is 161 Å². The lowest BCUT2D eigenvalue weighted by Gasteiger charge is -2.09. The van der Waals surface area contributed by atoms with Gasteiger partial charge in [0.05, 0.1) is 25.7 Å². The summed E-state index contributed by atoms with van der Waals surface area (Å²) in [6.45, 7) is 0. The van der Waals surface area contributed by atoms with Gasteiger partial charge in [0.25, 0.3) is 0 Å². The number of nitrogens with one attached hydrogen (secondary N) is 1. The number of amides is 1. The molecular formula is C19H20N4O3S. The Hall–Kier alpha value is -3.00. The van der Waals surface area contributed by atoms with Gasteiger partial charge in [-0.15, -0.1) is 10.2 Å². The van der Waals surface area contributed by atoms with E-state index in [0.29, 0.717) is 16.6 Å². The van der Waals surface area contributed by atoms with Crippen molar-refractivity contribution >= 4 is 23.4 Å². The molecule has 1 amide bonds. The SMILES string of the molecule is COc1ccc(-c2nnc(SCC(=O)Nc3ccccc3OC)n2C)cc1. The molecule has 0 spiro atoms. The highest BCUT2D eigenvalue weighted by molar-refractivity contribution is 7.99. The quantitative estimate of drug-likeness (QED) is 0.630. The summed E-state index contributed by atoms with van der Waals surface area (Å²) < 4.78 is 12.3. The summed E-state index contributed by atoms with van der Waals surface area (Å²) in [5.41, 5.74) is 1.57. The van der Waals surface area contributed by atoms with E-state index in [4.69, 9.17) is 9.47 Å². The molecule has 1 N–H and O–H groups in total. The zero-order valence-corrected chi connectivity index (χ0v) is 16.1. The number of rotatable bonds is 7. The van der Waals surface area contributed by atoms with E-state index in [9.17, 15) is 4.79 Å². The Balaban J connectivity index is 1.64. The molecule has 7 nitrogen and oxygen atoms in total. The number of hydrogen-bond donors (Lipinski definition) is 1. The van der Waals surface area contributed by atoms with Crippen LogP contribution in [-0.2, 0) is 11.8 Å². The van der Waals surface area contributed by atoms with Crippen molar-refractivity contribution in [1.82, 2.24) is 14.8 Å². The van der Waals surface area contributed by atoms with Gasteiger partial charge in [0.15, 0.2) is 11.0 Å². The van der Waals surface area contributed by atoms with Gasteiger partial charge in [-0.3, -0.25) is 4.79 Å². The number of ether oxygens (including phenoxy) is 2. The smallest absolute Gasteiger partial charge is 0.234 e. The van der Waals surface area contributed by atoms with Crippen LogP contribution in [0.2, 0.25) is 0 Å². The van der Waals surface area contributed by atoms with Crippen LogP contribution in [0.1, 0.15) is 0 Å². The topological polar surface area (TPSA) is 78.3 Å². The number of anilines is 1. The summed E-state index contributed by atoms with van der Waals surface area (Å²) in [7, 11) is 5.07. The van der Waals surface area contributed by atoms with Crippen molar-refractivity contribution in [3.8, 4) is 22.9 Å². The molecule has 8 heteroatoms. The molecule has 0 radical (unpaired) electrons. The van der Waals surface area contributed by atoms with Gasteiger partial charge in [-0.2, -0.15) is 0 Å². The van der Waals surface area contributed by atoms with Crippen LogP contribution < -0.4 is 14.8 Å². The lowest BCUT2D eigenvalue weighted by molar-refractivity contribution is -0.113. The van der Waals surface area contributed by atoms with Crippen molar-refractivity contribution in [3.05, 3.63) is 48.5 Å². The maximum atomic E-state index is 12.3. The van der Waals surface area contributed by atoms with E-state index < -0.39 is 0 Å². The monoisotopic (exact) mass is 384 g/mol. The van der Waals surface area contributed by atoms with Crippen LogP contribution in [0.4, 0.5) is 5.69 Å². The maximum Gasteiger partial charge on any atom is 0.234 e. The molecule has 0 saturated carbocycles. The fraction of sp³-hybridized carbons (Fsp3) is 0.211. The van der Waals surface area contributed by atoms with E-state index in [1.54, 1.807) is 26.4 Å². The third-order valence-electron chi connectivity index (χ3n) is 3.90. The number of nitrogens with zero attached hydrogens (tertiary/aromatic N) is 3. The summed E-state index contributed by atoms with van der Waals surface area (Å²) in [4.78, 5) is 12.3. The highest BCUT2D eigenvalue weighted by atomic mass is 32.2. The van der Waals surface area contributed by atoms with Gasteiger partial charge in [0, 0.05) is 12.6 Å². The van der Waals surface area contributed by atoms with Crippen LogP contribution in [0.5, 0.6) is 11.5 Å². The number of hydrogen-bond acceptors (Lipinski definition) is 6. The van der Waals surface area contributed by atoms with Crippen LogP contribution in [0.3, 0.4) is 0 Å². The van der Waals surface area contributed by atoms with E-state index in [0.717, 1.165) is 17.1 Å². The number of para-hydroxylation sites is 2. The fourth-order valence-electron chi connectivity index (χ4n) is 2.50. The minimum Gasteiger partial charge on any atom is -0.497 e. The van der Waals surface area contributed by atoms with Gasteiger partial charge in [0.1, 0.15) is 11.5 Å². The van der Waals surface area contributed by atoms with E-state index in [-0.39, 0.29) is 11.7 Å². The summed E-state index contributed by atoms with van der Waals surface area (Å²) >= 11 is 1.32. The average Bonchev–Trinajstić information content (AvgIpc) is 3.07. The minimum atomic E-state index is -0.140. The molecule has 0 aliphatic carbocycles. The number of methoxy groups -OCH3 is 2. The summed E-state index contributed by atoms with van der Waals surface area (Å²) in [5, 5.41) is 11.9.